The molecular weight excluding hydrogens is 414 g/mol. The van der Waals surface area contributed by atoms with Gasteiger partial charge in [0.1, 0.15) is 0 Å². The second kappa shape index (κ2) is 7.37. The minimum Gasteiger partial charge on any atom is -0.269 e. The predicted octanol–water partition coefficient (Wildman–Crippen LogP) is 4.68. The van der Waals surface area contributed by atoms with Crippen molar-refractivity contribution in [2.75, 3.05) is 0 Å². The smallest absolute Gasteiger partial charge is 0.258 e. The number of nitrogens with zero attached hydrogens (tertiary/aromatic N) is 5. The third-order valence-corrected chi connectivity index (χ3v) is 6.81. The normalized spacial score (nSPS) is 11.6. The molecular formula is C22H19N5OS2. The highest BCUT2D eigenvalue weighted by Crippen LogP contribution is 2.31. The van der Waals surface area contributed by atoms with Crippen LogP contribution >= 0.6 is 23.1 Å². The van der Waals surface area contributed by atoms with Crippen LogP contribution in [0.5, 0.6) is 0 Å². The highest BCUT2D eigenvalue weighted by Gasteiger charge is 2.17. The van der Waals surface area contributed by atoms with Gasteiger partial charge < -0.3 is 0 Å². The topological polar surface area (TPSA) is 64.6 Å². The van der Waals surface area contributed by atoms with Crippen molar-refractivity contribution in [3.8, 4) is 11.3 Å². The Morgan fingerprint density at radius 1 is 1.07 bits per heavy atom. The monoisotopic (exact) mass is 433 g/mol. The second-order valence-electron chi connectivity index (χ2n) is 7.21. The maximum Gasteiger partial charge on any atom is 0.258 e. The van der Waals surface area contributed by atoms with Crippen molar-refractivity contribution in [3.63, 3.8) is 0 Å². The van der Waals surface area contributed by atoms with E-state index in [1.807, 2.05) is 41.9 Å². The van der Waals surface area contributed by atoms with Crippen molar-refractivity contribution >= 4 is 33.6 Å². The van der Waals surface area contributed by atoms with Gasteiger partial charge in [-0.15, -0.1) is 11.3 Å². The molecule has 0 saturated heterocycles. The second-order valence-corrected chi connectivity index (χ2v) is 8.99. The molecule has 0 atom stereocenters. The first kappa shape index (κ1) is 19.0. The summed E-state index contributed by atoms with van der Waals surface area (Å²) in [6.45, 7) is 5.99. The molecule has 0 aliphatic heterocycles. The molecule has 8 heteroatoms. The Morgan fingerprint density at radius 2 is 1.87 bits per heavy atom. The average molecular weight is 434 g/mol. The number of imidazole rings is 1. The lowest BCUT2D eigenvalue weighted by molar-refractivity contribution is 0.792. The van der Waals surface area contributed by atoms with Crippen molar-refractivity contribution in [3.05, 3.63) is 80.8 Å². The fraction of sp³-hybridized carbons (Fsp3) is 0.182. The van der Waals surface area contributed by atoms with E-state index in [1.54, 1.807) is 22.2 Å². The van der Waals surface area contributed by atoms with Crippen molar-refractivity contribution in [2.24, 2.45) is 0 Å². The molecule has 4 heterocycles. The molecule has 5 rings (SSSR count). The number of rotatable bonds is 4. The average Bonchev–Trinajstić information content (AvgIpc) is 3.28. The molecule has 0 amide bonds. The molecule has 0 N–H and O–H groups in total. The van der Waals surface area contributed by atoms with Crippen LogP contribution in [0, 0.1) is 20.8 Å². The summed E-state index contributed by atoms with van der Waals surface area (Å²) in [5.41, 5.74) is 6.66. The summed E-state index contributed by atoms with van der Waals surface area (Å²) >= 11 is 3.02. The Kier molecular flexibility index (Phi) is 4.67. The summed E-state index contributed by atoms with van der Waals surface area (Å²) in [5, 5.41) is 7.46. The van der Waals surface area contributed by atoms with Gasteiger partial charge in [0, 0.05) is 28.5 Å². The van der Waals surface area contributed by atoms with Gasteiger partial charge in [-0.2, -0.15) is 5.10 Å². The Bertz CT molecular complexity index is 1450. The fourth-order valence-electron chi connectivity index (χ4n) is 3.61. The number of benzene rings is 1. The van der Waals surface area contributed by atoms with Crippen LogP contribution in [0.3, 0.4) is 0 Å². The van der Waals surface area contributed by atoms with Crippen LogP contribution in [0.2, 0.25) is 0 Å². The molecule has 150 valence electrons. The number of thiazole rings is 1. The minimum absolute atomic E-state index is 0.0443. The molecule has 30 heavy (non-hydrogen) atoms. The zero-order chi connectivity index (χ0) is 20.8. The van der Waals surface area contributed by atoms with Gasteiger partial charge in [0.15, 0.2) is 10.1 Å². The van der Waals surface area contributed by atoms with E-state index in [0.717, 1.165) is 49.5 Å². The summed E-state index contributed by atoms with van der Waals surface area (Å²) in [7, 11) is 0. The molecule has 0 spiro atoms. The number of aromatic nitrogens is 5. The molecule has 1 aromatic carbocycles. The van der Waals surface area contributed by atoms with E-state index in [9.17, 15) is 4.79 Å². The molecule has 0 saturated carbocycles. The van der Waals surface area contributed by atoms with Crippen LogP contribution in [0.15, 0.2) is 57.8 Å². The van der Waals surface area contributed by atoms with Crippen LogP contribution < -0.4 is 5.56 Å². The molecule has 0 bridgehead atoms. The molecule has 4 aromatic heterocycles. The van der Waals surface area contributed by atoms with E-state index < -0.39 is 0 Å². The van der Waals surface area contributed by atoms with Crippen molar-refractivity contribution < 1.29 is 0 Å². The van der Waals surface area contributed by atoms with E-state index in [0.29, 0.717) is 5.75 Å². The van der Waals surface area contributed by atoms with Crippen molar-refractivity contribution in [1.82, 2.24) is 24.0 Å². The number of aryl methyl sites for hydroxylation is 3. The number of thioether (sulfide) groups is 1. The van der Waals surface area contributed by atoms with Gasteiger partial charge in [0.05, 0.1) is 22.6 Å². The van der Waals surface area contributed by atoms with Gasteiger partial charge in [-0.1, -0.05) is 42.1 Å². The van der Waals surface area contributed by atoms with Crippen molar-refractivity contribution in [1.29, 1.82) is 0 Å². The van der Waals surface area contributed by atoms with Gasteiger partial charge in [0.2, 0.25) is 0 Å². The first-order valence-corrected chi connectivity index (χ1v) is 11.4. The largest absolute Gasteiger partial charge is 0.269 e. The summed E-state index contributed by atoms with van der Waals surface area (Å²) in [5.74, 6) is 0.546. The van der Waals surface area contributed by atoms with E-state index >= 15 is 0 Å². The summed E-state index contributed by atoms with van der Waals surface area (Å²) in [6.07, 6.45) is 0. The summed E-state index contributed by atoms with van der Waals surface area (Å²) in [4.78, 5) is 22.8. The molecule has 0 fully saturated rings. The van der Waals surface area contributed by atoms with Gasteiger partial charge in [-0.05, 0) is 32.4 Å². The molecule has 5 aromatic rings. The lowest BCUT2D eigenvalue weighted by atomic mass is 10.1. The van der Waals surface area contributed by atoms with Gasteiger partial charge in [0.25, 0.3) is 5.56 Å². The van der Waals surface area contributed by atoms with E-state index in [1.165, 1.54) is 11.3 Å². The third kappa shape index (κ3) is 3.22. The Labute approximate surface area is 181 Å². The van der Waals surface area contributed by atoms with Crippen molar-refractivity contribution in [2.45, 2.75) is 31.7 Å². The van der Waals surface area contributed by atoms with Crippen LogP contribution in [0.25, 0.3) is 21.7 Å². The van der Waals surface area contributed by atoms with Gasteiger partial charge >= 0.3 is 0 Å². The van der Waals surface area contributed by atoms with Crippen LogP contribution in [0.4, 0.5) is 0 Å². The first-order valence-electron chi connectivity index (χ1n) is 9.53. The van der Waals surface area contributed by atoms with E-state index in [2.05, 4.69) is 30.1 Å². The molecule has 0 radical (unpaired) electrons. The zero-order valence-corrected chi connectivity index (χ0v) is 18.4. The van der Waals surface area contributed by atoms with E-state index in [4.69, 9.17) is 10.1 Å². The fourth-order valence-corrected chi connectivity index (χ4v) is 5.34. The van der Waals surface area contributed by atoms with Gasteiger partial charge in [-0.25, -0.2) is 14.5 Å². The SMILES string of the molecule is Cc1cc(C)c2c(-c3ccccc3)nc(SCc3cc(=O)n4c(C)csc4n3)n2n1. The first-order chi connectivity index (χ1) is 14.5. The third-order valence-electron chi connectivity index (χ3n) is 4.91. The quantitative estimate of drug-likeness (QED) is 0.385. The Balaban J connectivity index is 1.57. The van der Waals surface area contributed by atoms with Crippen LogP contribution in [-0.2, 0) is 5.75 Å². The lowest BCUT2D eigenvalue weighted by Crippen LogP contribution is -2.14. The van der Waals surface area contributed by atoms with Gasteiger partial charge in [-0.3, -0.25) is 9.20 Å². The number of fused-ring (bicyclic) bond motifs is 2. The van der Waals surface area contributed by atoms with E-state index in [-0.39, 0.29) is 5.56 Å². The maximum atomic E-state index is 12.5. The Hall–Kier alpha value is -2.97. The number of hydrogen-bond acceptors (Lipinski definition) is 6. The lowest BCUT2D eigenvalue weighted by Gasteiger charge is -2.05. The zero-order valence-electron chi connectivity index (χ0n) is 16.8. The minimum atomic E-state index is -0.0443. The molecule has 6 nitrogen and oxygen atoms in total. The highest BCUT2D eigenvalue weighted by atomic mass is 32.2. The van der Waals surface area contributed by atoms with Crippen LogP contribution in [0.1, 0.15) is 22.6 Å². The maximum absolute atomic E-state index is 12.5. The highest BCUT2D eigenvalue weighted by molar-refractivity contribution is 7.98. The summed E-state index contributed by atoms with van der Waals surface area (Å²) < 4.78 is 3.56. The predicted molar refractivity (Wildman–Crippen MR) is 122 cm³/mol. The molecule has 0 aliphatic carbocycles. The Morgan fingerprint density at radius 3 is 2.67 bits per heavy atom. The number of hydrogen-bond donors (Lipinski definition) is 0. The molecule has 0 unspecified atom stereocenters. The standard InChI is InChI=1S/C22H19N5OS2/c1-13-9-14(2)25-27-20(13)19(16-7-5-4-6-8-16)24-22(27)30-12-17-10-18(28)26-15(3)11-29-21(26)23-17/h4-11H,12H2,1-3H3. The molecule has 0 aliphatic rings. The summed E-state index contributed by atoms with van der Waals surface area (Å²) in [6, 6.07) is 13.8. The van der Waals surface area contributed by atoms with Crippen LogP contribution in [-0.4, -0.2) is 24.0 Å².